The first kappa shape index (κ1) is 19.4. The largest absolute Gasteiger partial charge is 0.497 e. The van der Waals surface area contributed by atoms with Crippen molar-refractivity contribution in [2.45, 2.75) is 6.42 Å². The number of likely N-dealkylation sites (N-methyl/N-ethyl adjacent to an activating group) is 1. The van der Waals surface area contributed by atoms with E-state index in [-0.39, 0.29) is 5.91 Å². The summed E-state index contributed by atoms with van der Waals surface area (Å²) in [7, 11) is 8.09. The van der Waals surface area contributed by atoms with Crippen molar-refractivity contribution in [2.75, 3.05) is 42.0 Å². The van der Waals surface area contributed by atoms with Crippen LogP contribution in [0.15, 0.2) is 36.4 Å². The van der Waals surface area contributed by atoms with Crippen LogP contribution in [-0.2, 0) is 6.42 Å². The monoisotopic (exact) mass is 359 g/mol. The fourth-order valence-electron chi connectivity index (χ4n) is 2.62. The average Bonchev–Trinajstić information content (AvgIpc) is 2.70. The van der Waals surface area contributed by atoms with Gasteiger partial charge in [-0.3, -0.25) is 4.79 Å². The molecule has 2 aromatic carbocycles. The van der Waals surface area contributed by atoms with Crippen LogP contribution in [0.4, 0.5) is 0 Å². The van der Waals surface area contributed by atoms with E-state index >= 15 is 0 Å². The second-order valence-corrected chi connectivity index (χ2v) is 5.73. The molecule has 0 unspecified atom stereocenters. The van der Waals surface area contributed by atoms with E-state index in [1.54, 1.807) is 51.5 Å². The molecule has 0 aliphatic rings. The van der Waals surface area contributed by atoms with Crippen molar-refractivity contribution in [2.24, 2.45) is 0 Å². The molecule has 0 N–H and O–H groups in total. The van der Waals surface area contributed by atoms with E-state index in [2.05, 4.69) is 0 Å². The Morgan fingerprint density at radius 2 is 1.54 bits per heavy atom. The summed E-state index contributed by atoms with van der Waals surface area (Å²) in [5.74, 6) is 2.39. The van der Waals surface area contributed by atoms with Gasteiger partial charge < -0.3 is 23.8 Å². The fraction of sp³-hybridized carbons (Fsp3) is 0.350. The molecule has 0 radical (unpaired) electrons. The molecule has 1 amide bonds. The van der Waals surface area contributed by atoms with Crippen LogP contribution in [0.1, 0.15) is 15.9 Å². The quantitative estimate of drug-likeness (QED) is 0.725. The van der Waals surface area contributed by atoms with Gasteiger partial charge in [0.2, 0.25) is 0 Å². The third-order valence-corrected chi connectivity index (χ3v) is 4.17. The topological polar surface area (TPSA) is 57.2 Å². The number of nitrogens with zero attached hydrogens (tertiary/aromatic N) is 1. The van der Waals surface area contributed by atoms with Crippen molar-refractivity contribution in [3.63, 3.8) is 0 Å². The van der Waals surface area contributed by atoms with Gasteiger partial charge in [-0.2, -0.15) is 0 Å². The van der Waals surface area contributed by atoms with Gasteiger partial charge in [0, 0.05) is 19.7 Å². The summed E-state index contributed by atoms with van der Waals surface area (Å²) in [6, 6.07) is 10.9. The Kier molecular flexibility index (Phi) is 6.72. The highest BCUT2D eigenvalue weighted by molar-refractivity contribution is 5.97. The van der Waals surface area contributed by atoms with Crippen LogP contribution in [0.25, 0.3) is 0 Å². The lowest BCUT2D eigenvalue weighted by Crippen LogP contribution is -2.29. The van der Waals surface area contributed by atoms with Crippen molar-refractivity contribution in [3.8, 4) is 23.0 Å². The lowest BCUT2D eigenvalue weighted by molar-refractivity contribution is 0.0793. The Hall–Kier alpha value is -2.89. The highest BCUT2D eigenvalue weighted by Gasteiger charge is 2.17. The zero-order valence-corrected chi connectivity index (χ0v) is 15.9. The van der Waals surface area contributed by atoms with E-state index in [4.69, 9.17) is 18.9 Å². The Balaban J connectivity index is 2.08. The van der Waals surface area contributed by atoms with Crippen molar-refractivity contribution < 1.29 is 23.7 Å². The molecule has 0 bridgehead atoms. The molecule has 0 heterocycles. The molecule has 2 rings (SSSR count). The number of amides is 1. The van der Waals surface area contributed by atoms with Gasteiger partial charge in [0.1, 0.15) is 11.5 Å². The number of carbonyl (C=O) groups excluding carboxylic acids is 1. The van der Waals surface area contributed by atoms with Gasteiger partial charge in [-0.05, 0) is 36.2 Å². The minimum absolute atomic E-state index is 0.107. The van der Waals surface area contributed by atoms with Crippen LogP contribution in [-0.4, -0.2) is 52.8 Å². The molecule has 26 heavy (non-hydrogen) atoms. The minimum atomic E-state index is -0.107. The summed E-state index contributed by atoms with van der Waals surface area (Å²) in [5, 5.41) is 0. The van der Waals surface area contributed by atoms with E-state index in [0.29, 0.717) is 41.5 Å². The van der Waals surface area contributed by atoms with E-state index in [0.717, 1.165) is 5.56 Å². The number of rotatable bonds is 8. The van der Waals surface area contributed by atoms with Gasteiger partial charge in [-0.15, -0.1) is 0 Å². The van der Waals surface area contributed by atoms with Gasteiger partial charge in [-0.25, -0.2) is 0 Å². The molecule has 0 spiro atoms. The smallest absolute Gasteiger partial charge is 0.257 e. The normalized spacial score (nSPS) is 10.2. The van der Waals surface area contributed by atoms with Crippen molar-refractivity contribution >= 4 is 5.91 Å². The Bertz CT molecular complexity index is 760. The van der Waals surface area contributed by atoms with Crippen molar-refractivity contribution in [1.29, 1.82) is 0 Å². The molecule has 0 aromatic heterocycles. The highest BCUT2D eigenvalue weighted by atomic mass is 16.5. The maximum Gasteiger partial charge on any atom is 0.257 e. The molecule has 140 valence electrons. The second-order valence-electron chi connectivity index (χ2n) is 5.73. The fourth-order valence-corrected chi connectivity index (χ4v) is 2.62. The van der Waals surface area contributed by atoms with Gasteiger partial charge in [0.15, 0.2) is 11.5 Å². The molecular formula is C20H25NO5. The molecule has 0 saturated carbocycles. The number of hydrogen-bond donors (Lipinski definition) is 0. The van der Waals surface area contributed by atoms with E-state index in [9.17, 15) is 4.79 Å². The maximum atomic E-state index is 12.7. The third kappa shape index (κ3) is 4.39. The van der Waals surface area contributed by atoms with Crippen LogP contribution >= 0.6 is 0 Å². The predicted molar refractivity (Wildman–Crippen MR) is 99.8 cm³/mol. The molecule has 2 aromatic rings. The zero-order valence-electron chi connectivity index (χ0n) is 15.9. The first-order valence-corrected chi connectivity index (χ1v) is 8.22. The Morgan fingerprint density at radius 3 is 2.15 bits per heavy atom. The van der Waals surface area contributed by atoms with Gasteiger partial charge in [-0.1, -0.05) is 6.07 Å². The summed E-state index contributed by atoms with van der Waals surface area (Å²) in [6.07, 6.45) is 0.696. The molecule has 0 aliphatic heterocycles. The average molecular weight is 359 g/mol. The predicted octanol–water partition coefficient (Wildman–Crippen LogP) is 3.04. The van der Waals surface area contributed by atoms with Crippen LogP contribution < -0.4 is 18.9 Å². The van der Waals surface area contributed by atoms with Crippen LogP contribution in [0.2, 0.25) is 0 Å². The van der Waals surface area contributed by atoms with Gasteiger partial charge >= 0.3 is 0 Å². The number of benzene rings is 2. The minimum Gasteiger partial charge on any atom is -0.497 e. The Labute approximate surface area is 154 Å². The van der Waals surface area contributed by atoms with Crippen LogP contribution in [0, 0.1) is 0 Å². The highest BCUT2D eigenvalue weighted by Crippen LogP contribution is 2.28. The van der Waals surface area contributed by atoms with E-state index < -0.39 is 0 Å². The molecule has 0 aliphatic carbocycles. The number of hydrogen-bond acceptors (Lipinski definition) is 5. The first-order chi connectivity index (χ1) is 12.5. The standard InChI is InChI=1S/C20H25NO5/c1-21(11-10-14-6-9-17(24-3)19(12-14)26-5)20(22)16-8-7-15(23-2)13-18(16)25-4/h6-9,12-13H,10-11H2,1-5H3. The SMILES string of the molecule is COc1ccc(C(=O)N(C)CCc2ccc(OC)c(OC)c2)c(OC)c1. The second kappa shape index (κ2) is 8.99. The van der Waals surface area contributed by atoms with E-state index in [1.165, 1.54) is 7.11 Å². The molecule has 0 saturated heterocycles. The molecule has 0 fully saturated rings. The van der Waals surface area contributed by atoms with Gasteiger partial charge in [0.05, 0.1) is 34.0 Å². The van der Waals surface area contributed by atoms with E-state index in [1.807, 2.05) is 18.2 Å². The lowest BCUT2D eigenvalue weighted by Gasteiger charge is -2.19. The maximum absolute atomic E-state index is 12.7. The molecule has 6 heteroatoms. The lowest BCUT2D eigenvalue weighted by atomic mass is 10.1. The number of carbonyl (C=O) groups is 1. The van der Waals surface area contributed by atoms with Gasteiger partial charge in [0.25, 0.3) is 5.91 Å². The summed E-state index contributed by atoms with van der Waals surface area (Å²) >= 11 is 0. The number of methoxy groups -OCH3 is 4. The summed E-state index contributed by atoms with van der Waals surface area (Å²) in [5.41, 5.74) is 1.56. The van der Waals surface area contributed by atoms with Crippen LogP contribution in [0.3, 0.4) is 0 Å². The summed E-state index contributed by atoms with van der Waals surface area (Å²) < 4.78 is 21.1. The summed E-state index contributed by atoms with van der Waals surface area (Å²) in [6.45, 7) is 0.559. The molecule has 0 atom stereocenters. The number of ether oxygens (including phenoxy) is 4. The van der Waals surface area contributed by atoms with Crippen molar-refractivity contribution in [3.05, 3.63) is 47.5 Å². The Morgan fingerprint density at radius 1 is 0.846 bits per heavy atom. The molecule has 6 nitrogen and oxygen atoms in total. The first-order valence-electron chi connectivity index (χ1n) is 8.22. The molecular weight excluding hydrogens is 334 g/mol. The summed E-state index contributed by atoms with van der Waals surface area (Å²) in [4.78, 5) is 14.4. The van der Waals surface area contributed by atoms with Crippen molar-refractivity contribution in [1.82, 2.24) is 4.90 Å². The van der Waals surface area contributed by atoms with Crippen LogP contribution in [0.5, 0.6) is 23.0 Å². The third-order valence-electron chi connectivity index (χ3n) is 4.17. The zero-order chi connectivity index (χ0) is 19.1.